The Hall–Kier alpha value is -2.04. The van der Waals surface area contributed by atoms with Crippen LogP contribution in [0.2, 0.25) is 0 Å². The molecule has 0 bridgehead atoms. The van der Waals surface area contributed by atoms with E-state index in [0.29, 0.717) is 11.4 Å². The molecule has 1 rings (SSSR count). The Balaban J connectivity index is 2.61. The molecule has 0 saturated carbocycles. The summed E-state index contributed by atoms with van der Waals surface area (Å²) in [5, 5.41) is 2.69. The zero-order valence-electron chi connectivity index (χ0n) is 13.2. The maximum atomic E-state index is 12.0. The van der Waals surface area contributed by atoms with Crippen LogP contribution in [0.5, 0.6) is 5.75 Å². The van der Waals surface area contributed by atoms with E-state index in [9.17, 15) is 9.59 Å². The van der Waals surface area contributed by atoms with Gasteiger partial charge in [0.15, 0.2) is 6.10 Å². The largest absolute Gasteiger partial charge is 0.495 e. The Kier molecular flexibility index (Phi) is 5.76. The first-order valence-corrected chi connectivity index (χ1v) is 6.86. The van der Waals surface area contributed by atoms with E-state index in [2.05, 4.69) is 5.32 Å². The molecule has 1 amide bonds. The second kappa shape index (κ2) is 7.11. The van der Waals surface area contributed by atoms with Gasteiger partial charge in [0.1, 0.15) is 5.75 Å². The number of benzene rings is 1. The van der Waals surface area contributed by atoms with Crippen LogP contribution in [-0.4, -0.2) is 25.1 Å². The molecule has 116 valence electrons. The minimum Gasteiger partial charge on any atom is -0.495 e. The summed E-state index contributed by atoms with van der Waals surface area (Å²) < 4.78 is 10.3. The molecule has 1 atom stereocenters. The smallest absolute Gasteiger partial charge is 0.307 e. The molecule has 0 aromatic heterocycles. The Bertz CT molecular complexity index is 505. The van der Waals surface area contributed by atoms with Gasteiger partial charge in [-0.25, -0.2) is 0 Å². The van der Waals surface area contributed by atoms with Crippen molar-refractivity contribution in [2.24, 2.45) is 5.41 Å². The summed E-state index contributed by atoms with van der Waals surface area (Å²) in [6.07, 6.45) is -0.594. The number of hydrogen-bond donors (Lipinski definition) is 1. The first-order valence-electron chi connectivity index (χ1n) is 6.86. The molecule has 0 unspecified atom stereocenters. The second-order valence-electron chi connectivity index (χ2n) is 6.06. The maximum absolute atomic E-state index is 12.0. The van der Waals surface area contributed by atoms with Crippen LogP contribution in [0.15, 0.2) is 24.3 Å². The molecule has 21 heavy (non-hydrogen) atoms. The third kappa shape index (κ3) is 5.85. The SMILES string of the molecule is COc1ccccc1NC(=O)[C@@H](C)OC(=O)CC(C)(C)C. The molecular formula is C16H23NO4. The number of nitrogens with one attached hydrogen (secondary N) is 1. The van der Waals surface area contributed by atoms with Crippen molar-refractivity contribution in [1.29, 1.82) is 0 Å². The average Bonchev–Trinajstić information content (AvgIpc) is 2.36. The molecule has 0 heterocycles. The Morgan fingerprint density at radius 1 is 1.24 bits per heavy atom. The standard InChI is InChI=1S/C16H23NO4/c1-11(21-14(18)10-16(2,3)4)15(19)17-12-8-6-7-9-13(12)20-5/h6-9,11H,10H2,1-5H3,(H,17,19)/t11-/m1/s1. The number of carbonyl (C=O) groups excluding carboxylic acids is 2. The summed E-state index contributed by atoms with van der Waals surface area (Å²) in [6.45, 7) is 7.36. The summed E-state index contributed by atoms with van der Waals surface area (Å²) in [5.74, 6) is -0.217. The number of ether oxygens (including phenoxy) is 2. The first kappa shape index (κ1) is 17.0. The zero-order chi connectivity index (χ0) is 16.0. The summed E-state index contributed by atoms with van der Waals surface area (Å²) in [6, 6.07) is 7.06. The van der Waals surface area contributed by atoms with Crippen molar-refractivity contribution in [3.05, 3.63) is 24.3 Å². The highest BCUT2D eigenvalue weighted by Crippen LogP contribution is 2.23. The minimum absolute atomic E-state index is 0.171. The molecule has 1 aromatic rings. The fraction of sp³-hybridized carbons (Fsp3) is 0.500. The average molecular weight is 293 g/mol. The van der Waals surface area contributed by atoms with Gasteiger partial charge in [0, 0.05) is 0 Å². The van der Waals surface area contributed by atoms with Gasteiger partial charge in [-0.1, -0.05) is 32.9 Å². The molecule has 0 radical (unpaired) electrons. The lowest BCUT2D eigenvalue weighted by Gasteiger charge is -2.19. The fourth-order valence-electron chi connectivity index (χ4n) is 1.71. The Labute approximate surface area is 125 Å². The molecule has 0 fully saturated rings. The number of amides is 1. The van der Waals surface area contributed by atoms with Crippen molar-refractivity contribution in [1.82, 2.24) is 0 Å². The van der Waals surface area contributed by atoms with Crippen LogP contribution in [0.25, 0.3) is 0 Å². The highest BCUT2D eigenvalue weighted by Gasteiger charge is 2.22. The van der Waals surface area contributed by atoms with E-state index in [1.807, 2.05) is 20.8 Å². The van der Waals surface area contributed by atoms with Gasteiger partial charge < -0.3 is 14.8 Å². The van der Waals surface area contributed by atoms with E-state index in [1.54, 1.807) is 31.2 Å². The molecule has 5 nitrogen and oxygen atoms in total. The van der Waals surface area contributed by atoms with Crippen molar-refractivity contribution in [2.75, 3.05) is 12.4 Å². The second-order valence-corrected chi connectivity index (χ2v) is 6.06. The topological polar surface area (TPSA) is 64.6 Å². The minimum atomic E-state index is -0.857. The van der Waals surface area contributed by atoms with Gasteiger partial charge in [-0.2, -0.15) is 0 Å². The molecule has 0 aliphatic rings. The van der Waals surface area contributed by atoms with Crippen molar-refractivity contribution in [3.8, 4) is 5.75 Å². The zero-order valence-corrected chi connectivity index (χ0v) is 13.2. The molecule has 0 spiro atoms. The van der Waals surface area contributed by atoms with Gasteiger partial charge in [-0.05, 0) is 24.5 Å². The summed E-state index contributed by atoms with van der Waals surface area (Å²) >= 11 is 0. The van der Waals surface area contributed by atoms with Gasteiger partial charge in [0.2, 0.25) is 0 Å². The van der Waals surface area contributed by atoms with Crippen LogP contribution in [0.4, 0.5) is 5.69 Å². The number of methoxy groups -OCH3 is 1. The van der Waals surface area contributed by atoms with E-state index >= 15 is 0 Å². The van der Waals surface area contributed by atoms with Crippen molar-refractivity contribution >= 4 is 17.6 Å². The van der Waals surface area contributed by atoms with E-state index < -0.39 is 6.10 Å². The lowest BCUT2D eigenvalue weighted by molar-refractivity contribution is -0.154. The highest BCUT2D eigenvalue weighted by atomic mass is 16.5. The molecule has 0 aliphatic heterocycles. The van der Waals surface area contributed by atoms with E-state index in [1.165, 1.54) is 7.11 Å². The lowest BCUT2D eigenvalue weighted by atomic mass is 9.92. The van der Waals surface area contributed by atoms with Crippen LogP contribution in [0.3, 0.4) is 0 Å². The molecule has 0 aliphatic carbocycles. The van der Waals surface area contributed by atoms with E-state index in [0.717, 1.165) is 0 Å². The molecular weight excluding hydrogens is 270 g/mol. The number of hydrogen-bond acceptors (Lipinski definition) is 4. The van der Waals surface area contributed by atoms with Crippen LogP contribution in [-0.2, 0) is 14.3 Å². The Morgan fingerprint density at radius 2 is 1.86 bits per heavy atom. The van der Waals surface area contributed by atoms with Gasteiger partial charge in [-0.15, -0.1) is 0 Å². The molecule has 1 aromatic carbocycles. The number of carbonyl (C=O) groups is 2. The van der Waals surface area contributed by atoms with Crippen molar-refractivity contribution < 1.29 is 19.1 Å². The monoisotopic (exact) mass is 293 g/mol. The van der Waals surface area contributed by atoms with Crippen LogP contribution in [0, 0.1) is 5.41 Å². The Morgan fingerprint density at radius 3 is 2.43 bits per heavy atom. The molecule has 0 saturated heterocycles. The van der Waals surface area contributed by atoms with Gasteiger partial charge >= 0.3 is 5.97 Å². The lowest BCUT2D eigenvalue weighted by Crippen LogP contribution is -2.31. The summed E-state index contributed by atoms with van der Waals surface area (Å²) in [7, 11) is 1.53. The van der Waals surface area contributed by atoms with E-state index in [4.69, 9.17) is 9.47 Å². The van der Waals surface area contributed by atoms with Crippen molar-refractivity contribution in [2.45, 2.75) is 40.2 Å². The third-order valence-corrected chi connectivity index (χ3v) is 2.72. The van der Waals surface area contributed by atoms with Gasteiger partial charge in [-0.3, -0.25) is 9.59 Å². The summed E-state index contributed by atoms with van der Waals surface area (Å²) in [4.78, 5) is 23.8. The number of esters is 1. The van der Waals surface area contributed by atoms with Crippen molar-refractivity contribution in [3.63, 3.8) is 0 Å². The molecule has 5 heteroatoms. The third-order valence-electron chi connectivity index (χ3n) is 2.72. The number of rotatable bonds is 5. The maximum Gasteiger partial charge on any atom is 0.307 e. The van der Waals surface area contributed by atoms with Crippen LogP contribution >= 0.6 is 0 Å². The fourth-order valence-corrected chi connectivity index (χ4v) is 1.71. The van der Waals surface area contributed by atoms with Crippen LogP contribution < -0.4 is 10.1 Å². The normalized spacial score (nSPS) is 12.4. The van der Waals surface area contributed by atoms with Gasteiger partial charge in [0.05, 0.1) is 19.2 Å². The quantitative estimate of drug-likeness (QED) is 0.848. The van der Waals surface area contributed by atoms with E-state index in [-0.39, 0.29) is 23.7 Å². The molecule has 1 N–H and O–H groups in total. The number of para-hydroxylation sites is 2. The predicted octanol–water partition coefficient (Wildman–Crippen LogP) is 3.00. The van der Waals surface area contributed by atoms with Crippen LogP contribution in [0.1, 0.15) is 34.1 Å². The predicted molar refractivity (Wildman–Crippen MR) is 81.2 cm³/mol. The number of anilines is 1. The highest BCUT2D eigenvalue weighted by molar-refractivity contribution is 5.96. The first-order chi connectivity index (χ1) is 9.73. The summed E-state index contributed by atoms with van der Waals surface area (Å²) in [5.41, 5.74) is 0.374. The van der Waals surface area contributed by atoms with Gasteiger partial charge in [0.25, 0.3) is 5.91 Å².